The van der Waals surface area contributed by atoms with Gasteiger partial charge in [-0.3, -0.25) is 4.68 Å². The molecule has 0 bridgehead atoms. The number of benzene rings is 1. The lowest BCUT2D eigenvalue weighted by Gasteiger charge is -2.18. The van der Waals surface area contributed by atoms with Gasteiger partial charge in [0.1, 0.15) is 0 Å². The van der Waals surface area contributed by atoms with E-state index in [1.54, 1.807) is 10.9 Å². The number of aliphatic hydroxyl groups is 1. The fourth-order valence-electron chi connectivity index (χ4n) is 1.79. The molecule has 0 aliphatic rings. The van der Waals surface area contributed by atoms with Gasteiger partial charge in [-0.1, -0.05) is 30.3 Å². The number of aliphatic hydroxyl groups excluding tert-OH is 1. The van der Waals surface area contributed by atoms with E-state index >= 15 is 0 Å². The third-order valence-corrected chi connectivity index (χ3v) is 3.34. The first-order valence-electron chi connectivity index (χ1n) is 5.80. The molecule has 0 spiro atoms. The molecule has 96 valence electrons. The Morgan fingerprint density at radius 2 is 2.06 bits per heavy atom. The Morgan fingerprint density at radius 3 is 2.67 bits per heavy atom. The highest BCUT2D eigenvalue weighted by atomic mass is 127. The van der Waals surface area contributed by atoms with E-state index in [-0.39, 0.29) is 6.04 Å². The quantitative estimate of drug-likeness (QED) is 0.796. The van der Waals surface area contributed by atoms with Gasteiger partial charge in [-0.2, -0.15) is 5.10 Å². The van der Waals surface area contributed by atoms with Crippen LogP contribution in [0.4, 0.5) is 0 Å². The molecule has 0 saturated heterocycles. The lowest BCUT2D eigenvalue weighted by atomic mass is 10.0. The molecule has 18 heavy (non-hydrogen) atoms. The van der Waals surface area contributed by atoms with Gasteiger partial charge in [0.05, 0.1) is 22.4 Å². The molecule has 2 aromatic rings. The van der Waals surface area contributed by atoms with Crippen LogP contribution in [0.5, 0.6) is 0 Å². The van der Waals surface area contributed by atoms with Gasteiger partial charge in [0.2, 0.25) is 0 Å². The average Bonchev–Trinajstić information content (AvgIpc) is 2.76. The second kappa shape index (κ2) is 6.31. The number of rotatable bonds is 5. The molecule has 1 aromatic heterocycles. The Bertz CT molecular complexity index is 486. The van der Waals surface area contributed by atoms with Crippen molar-refractivity contribution < 1.29 is 5.11 Å². The van der Waals surface area contributed by atoms with Crippen molar-refractivity contribution in [2.75, 3.05) is 0 Å². The average molecular weight is 357 g/mol. The highest BCUT2D eigenvalue weighted by Crippen LogP contribution is 2.07. The second-order valence-electron chi connectivity index (χ2n) is 4.30. The van der Waals surface area contributed by atoms with Crippen LogP contribution in [0.1, 0.15) is 5.56 Å². The predicted octanol–water partition coefficient (Wildman–Crippen LogP) is 1.42. The van der Waals surface area contributed by atoms with Crippen LogP contribution in [0.3, 0.4) is 0 Å². The number of hydrogen-bond acceptors (Lipinski definition) is 3. The Kier molecular flexibility index (Phi) is 4.73. The standard InChI is InChI=1S/C13H16IN3O/c14-11-7-16-17(8-11)9-13(18)12(15)6-10-4-2-1-3-5-10/h1-5,7-8,12-13,18H,6,9,15H2. The van der Waals surface area contributed by atoms with Gasteiger partial charge >= 0.3 is 0 Å². The molecule has 2 rings (SSSR count). The van der Waals surface area contributed by atoms with E-state index in [1.807, 2.05) is 36.5 Å². The van der Waals surface area contributed by atoms with Crippen molar-refractivity contribution in [3.63, 3.8) is 0 Å². The van der Waals surface area contributed by atoms with Gasteiger partial charge in [-0.05, 0) is 34.6 Å². The minimum atomic E-state index is -0.596. The van der Waals surface area contributed by atoms with E-state index in [0.717, 1.165) is 9.13 Å². The molecule has 0 radical (unpaired) electrons. The Hall–Kier alpha value is -0.920. The molecule has 1 heterocycles. The zero-order chi connectivity index (χ0) is 13.0. The highest BCUT2D eigenvalue weighted by molar-refractivity contribution is 14.1. The van der Waals surface area contributed by atoms with Gasteiger partial charge in [-0.25, -0.2) is 0 Å². The first-order valence-corrected chi connectivity index (χ1v) is 6.88. The van der Waals surface area contributed by atoms with Crippen molar-refractivity contribution in [1.82, 2.24) is 9.78 Å². The summed E-state index contributed by atoms with van der Waals surface area (Å²) >= 11 is 2.19. The van der Waals surface area contributed by atoms with Crippen molar-refractivity contribution in [3.8, 4) is 0 Å². The summed E-state index contributed by atoms with van der Waals surface area (Å²) in [7, 11) is 0. The largest absolute Gasteiger partial charge is 0.390 e. The summed E-state index contributed by atoms with van der Waals surface area (Å²) in [5.41, 5.74) is 7.15. The van der Waals surface area contributed by atoms with Crippen molar-refractivity contribution in [3.05, 3.63) is 51.9 Å². The van der Waals surface area contributed by atoms with E-state index < -0.39 is 6.10 Å². The van der Waals surface area contributed by atoms with Gasteiger partial charge in [0.15, 0.2) is 0 Å². The van der Waals surface area contributed by atoms with Crippen molar-refractivity contribution in [2.45, 2.75) is 25.1 Å². The fraction of sp³-hybridized carbons (Fsp3) is 0.308. The summed E-state index contributed by atoms with van der Waals surface area (Å²) in [4.78, 5) is 0. The summed E-state index contributed by atoms with van der Waals surface area (Å²) in [6.45, 7) is 0.428. The van der Waals surface area contributed by atoms with Gasteiger partial charge in [0.25, 0.3) is 0 Å². The van der Waals surface area contributed by atoms with Gasteiger partial charge < -0.3 is 10.8 Å². The molecular weight excluding hydrogens is 341 g/mol. The van der Waals surface area contributed by atoms with Crippen LogP contribution >= 0.6 is 22.6 Å². The lowest BCUT2D eigenvalue weighted by Crippen LogP contribution is -2.39. The third kappa shape index (κ3) is 3.79. The van der Waals surface area contributed by atoms with E-state index in [9.17, 15) is 5.11 Å². The van der Waals surface area contributed by atoms with Crippen LogP contribution in [-0.4, -0.2) is 27.0 Å². The van der Waals surface area contributed by atoms with Crippen LogP contribution in [0, 0.1) is 3.57 Å². The summed E-state index contributed by atoms with van der Waals surface area (Å²) < 4.78 is 2.77. The molecule has 2 unspecified atom stereocenters. The molecular formula is C13H16IN3O. The molecule has 5 heteroatoms. The normalized spacial score (nSPS) is 14.4. The maximum Gasteiger partial charge on any atom is 0.0889 e. The van der Waals surface area contributed by atoms with Crippen LogP contribution in [0.2, 0.25) is 0 Å². The van der Waals surface area contributed by atoms with Crippen molar-refractivity contribution in [2.24, 2.45) is 5.73 Å². The van der Waals surface area contributed by atoms with Crippen LogP contribution in [-0.2, 0) is 13.0 Å². The number of nitrogens with two attached hydrogens (primary N) is 1. The molecule has 1 aromatic carbocycles. The van der Waals surface area contributed by atoms with Crippen molar-refractivity contribution >= 4 is 22.6 Å². The van der Waals surface area contributed by atoms with Gasteiger partial charge in [-0.15, -0.1) is 0 Å². The van der Waals surface area contributed by atoms with E-state index in [4.69, 9.17) is 5.73 Å². The first-order chi connectivity index (χ1) is 8.65. The maximum absolute atomic E-state index is 10.1. The molecule has 3 N–H and O–H groups in total. The summed E-state index contributed by atoms with van der Waals surface area (Å²) in [5, 5.41) is 14.2. The Balaban J connectivity index is 1.90. The third-order valence-electron chi connectivity index (χ3n) is 2.78. The molecule has 4 nitrogen and oxygen atoms in total. The minimum absolute atomic E-state index is 0.283. The van der Waals surface area contributed by atoms with Crippen molar-refractivity contribution in [1.29, 1.82) is 0 Å². The molecule has 0 aliphatic carbocycles. The minimum Gasteiger partial charge on any atom is -0.390 e. The molecule has 0 amide bonds. The summed E-state index contributed by atoms with van der Waals surface area (Å²) in [6.07, 6.45) is 3.72. The smallest absolute Gasteiger partial charge is 0.0889 e. The number of hydrogen-bond donors (Lipinski definition) is 2. The van der Waals surface area contributed by atoms with E-state index in [0.29, 0.717) is 13.0 Å². The number of nitrogens with zero attached hydrogens (tertiary/aromatic N) is 2. The summed E-state index contributed by atoms with van der Waals surface area (Å²) in [6, 6.07) is 9.67. The summed E-state index contributed by atoms with van der Waals surface area (Å²) in [5.74, 6) is 0. The predicted molar refractivity (Wildman–Crippen MR) is 79.1 cm³/mol. The molecule has 0 saturated carbocycles. The van der Waals surface area contributed by atoms with Gasteiger partial charge in [0, 0.05) is 12.2 Å². The molecule has 0 fully saturated rings. The second-order valence-corrected chi connectivity index (χ2v) is 5.55. The monoisotopic (exact) mass is 357 g/mol. The SMILES string of the molecule is NC(Cc1ccccc1)C(O)Cn1cc(I)cn1. The first kappa shape index (κ1) is 13.5. The van der Waals surface area contributed by atoms with E-state index in [2.05, 4.69) is 27.7 Å². The van der Waals surface area contributed by atoms with Crippen LogP contribution in [0.15, 0.2) is 42.7 Å². The van der Waals surface area contributed by atoms with E-state index in [1.165, 1.54) is 0 Å². The zero-order valence-corrected chi connectivity index (χ0v) is 12.1. The van der Waals surface area contributed by atoms with Crippen LogP contribution in [0.25, 0.3) is 0 Å². The Labute approximate surface area is 120 Å². The Morgan fingerprint density at radius 1 is 1.33 bits per heavy atom. The molecule has 0 aliphatic heterocycles. The number of halogens is 1. The number of aromatic nitrogens is 2. The molecule has 2 atom stereocenters. The van der Waals surface area contributed by atoms with Crippen LogP contribution < -0.4 is 5.73 Å². The highest BCUT2D eigenvalue weighted by Gasteiger charge is 2.16. The lowest BCUT2D eigenvalue weighted by molar-refractivity contribution is 0.121. The fourth-order valence-corrected chi connectivity index (χ4v) is 2.23. The zero-order valence-electron chi connectivity index (χ0n) is 9.91. The topological polar surface area (TPSA) is 64.1 Å². The maximum atomic E-state index is 10.1.